The second-order valence-corrected chi connectivity index (χ2v) is 9.15. The number of anilines is 1. The number of sulfonamides is 1. The van der Waals surface area contributed by atoms with Crippen LogP contribution in [0.15, 0.2) is 33.6 Å². The van der Waals surface area contributed by atoms with Gasteiger partial charge >= 0.3 is 0 Å². The molecule has 1 amide bonds. The molecule has 10 heteroatoms. The molecule has 2 aromatic rings. The molecule has 1 fully saturated rings. The lowest BCUT2D eigenvalue weighted by Gasteiger charge is -2.33. The number of likely N-dealkylation sites (tertiary alicyclic amines) is 1. The molecule has 1 aromatic heterocycles. The number of aryl methyl sites for hydroxylation is 1. The first-order valence-electron chi connectivity index (χ1n) is 8.80. The lowest BCUT2D eigenvalue weighted by Crippen LogP contribution is -2.43. The van der Waals surface area contributed by atoms with E-state index in [2.05, 4.69) is 19.9 Å². The van der Waals surface area contributed by atoms with Crippen molar-refractivity contribution in [1.29, 1.82) is 0 Å². The average molecular weight is 406 g/mol. The van der Waals surface area contributed by atoms with Crippen LogP contribution in [0.2, 0.25) is 0 Å². The molecule has 1 atom stereocenters. The molecule has 27 heavy (non-hydrogen) atoms. The van der Waals surface area contributed by atoms with E-state index >= 15 is 0 Å². The van der Waals surface area contributed by atoms with E-state index in [0.717, 1.165) is 24.3 Å². The molecule has 2 aliphatic rings. The van der Waals surface area contributed by atoms with Crippen molar-refractivity contribution in [2.75, 3.05) is 18.4 Å². The van der Waals surface area contributed by atoms with Gasteiger partial charge < -0.3 is 10.2 Å². The van der Waals surface area contributed by atoms with E-state index in [4.69, 9.17) is 0 Å². The number of amides is 1. The number of fused-ring (bicyclic) bond motifs is 1. The van der Waals surface area contributed by atoms with Gasteiger partial charge in [0.25, 0.3) is 10.0 Å². The lowest BCUT2D eigenvalue weighted by molar-refractivity contribution is -0.121. The molecular weight excluding hydrogens is 386 g/mol. The van der Waals surface area contributed by atoms with E-state index < -0.39 is 10.0 Å². The first-order valence-corrected chi connectivity index (χ1v) is 11.1. The van der Waals surface area contributed by atoms with Crippen molar-refractivity contribution >= 4 is 38.2 Å². The van der Waals surface area contributed by atoms with Crippen molar-refractivity contribution in [3.8, 4) is 0 Å². The molecule has 1 aromatic carbocycles. The highest BCUT2D eigenvalue weighted by Crippen LogP contribution is 2.30. The molecule has 0 bridgehead atoms. The summed E-state index contributed by atoms with van der Waals surface area (Å²) >= 11 is 1.37. The maximum Gasteiger partial charge on any atom is 0.285 e. The number of amidine groups is 1. The minimum Gasteiger partial charge on any atom is -0.355 e. The standard InChI is InChI=1S/C17H19N5O3S2/c1-2-14-19-20-17(26-14)18-16(23)11-6-5-9-22(10-11)15-12-7-3-4-8-13(12)27(24,25)21-15/h3-4,7-8,11H,2,5-6,9-10H2,1H3,(H,18,20,23)/t11-/m1/s1. The topological polar surface area (TPSA) is 105 Å². The van der Waals surface area contributed by atoms with Gasteiger partial charge in [-0.05, 0) is 31.4 Å². The third-order valence-corrected chi connectivity index (χ3v) is 7.01. The van der Waals surface area contributed by atoms with Crippen LogP contribution in [0, 0.1) is 5.92 Å². The van der Waals surface area contributed by atoms with Crippen LogP contribution in [0.25, 0.3) is 0 Å². The monoisotopic (exact) mass is 405 g/mol. The van der Waals surface area contributed by atoms with E-state index in [1.807, 2.05) is 11.8 Å². The van der Waals surface area contributed by atoms with E-state index in [9.17, 15) is 13.2 Å². The molecular formula is C17H19N5O3S2. The summed E-state index contributed by atoms with van der Waals surface area (Å²) in [7, 11) is -3.66. The van der Waals surface area contributed by atoms with Crippen molar-refractivity contribution in [2.45, 2.75) is 31.1 Å². The molecule has 0 aliphatic carbocycles. The van der Waals surface area contributed by atoms with Crippen LogP contribution < -0.4 is 5.32 Å². The highest BCUT2D eigenvalue weighted by Gasteiger charge is 2.35. The van der Waals surface area contributed by atoms with Gasteiger partial charge in [0.1, 0.15) is 9.90 Å². The Balaban J connectivity index is 1.51. The van der Waals surface area contributed by atoms with E-state index in [1.54, 1.807) is 24.3 Å². The quantitative estimate of drug-likeness (QED) is 0.836. The summed E-state index contributed by atoms with van der Waals surface area (Å²) in [6.07, 6.45) is 2.30. The number of nitrogens with zero attached hydrogens (tertiary/aromatic N) is 4. The number of rotatable bonds is 3. The number of nitrogens with one attached hydrogen (secondary N) is 1. The van der Waals surface area contributed by atoms with Gasteiger partial charge in [0.15, 0.2) is 5.84 Å². The van der Waals surface area contributed by atoms with Crippen LogP contribution in [-0.4, -0.2) is 48.3 Å². The zero-order valence-corrected chi connectivity index (χ0v) is 16.4. The van der Waals surface area contributed by atoms with Crippen LogP contribution in [0.3, 0.4) is 0 Å². The Bertz CT molecular complexity index is 1020. The number of aromatic nitrogens is 2. The second kappa shape index (κ2) is 7.01. The maximum absolute atomic E-state index is 12.6. The number of hydrogen-bond donors (Lipinski definition) is 1. The molecule has 1 N–H and O–H groups in total. The molecule has 1 saturated heterocycles. The number of piperidine rings is 1. The van der Waals surface area contributed by atoms with E-state index in [0.29, 0.717) is 29.6 Å². The fourth-order valence-electron chi connectivity index (χ4n) is 3.35. The average Bonchev–Trinajstić information content (AvgIpc) is 3.24. The van der Waals surface area contributed by atoms with Gasteiger partial charge in [-0.1, -0.05) is 30.4 Å². The molecule has 142 valence electrons. The molecule has 0 unspecified atom stereocenters. The number of carbonyl (C=O) groups is 1. The number of carbonyl (C=O) groups excluding carboxylic acids is 1. The Kier molecular flexibility index (Phi) is 4.68. The van der Waals surface area contributed by atoms with Gasteiger partial charge in [0.2, 0.25) is 11.0 Å². The van der Waals surface area contributed by atoms with Gasteiger partial charge in [-0.25, -0.2) is 0 Å². The molecule has 0 radical (unpaired) electrons. The van der Waals surface area contributed by atoms with E-state index in [-0.39, 0.29) is 16.7 Å². The van der Waals surface area contributed by atoms with Gasteiger partial charge in [0.05, 0.1) is 5.92 Å². The van der Waals surface area contributed by atoms with Crippen LogP contribution in [0.4, 0.5) is 5.13 Å². The minimum absolute atomic E-state index is 0.117. The predicted octanol–water partition coefficient (Wildman–Crippen LogP) is 1.90. The molecule has 8 nitrogen and oxygen atoms in total. The summed E-state index contributed by atoms with van der Waals surface area (Å²) in [5.41, 5.74) is 0.607. The Hall–Kier alpha value is -2.33. The van der Waals surface area contributed by atoms with Crippen molar-refractivity contribution in [2.24, 2.45) is 10.3 Å². The van der Waals surface area contributed by atoms with Crippen molar-refractivity contribution < 1.29 is 13.2 Å². The third kappa shape index (κ3) is 3.46. The maximum atomic E-state index is 12.6. The molecule has 2 aliphatic heterocycles. The van der Waals surface area contributed by atoms with E-state index in [1.165, 1.54) is 11.3 Å². The zero-order chi connectivity index (χ0) is 19.0. The van der Waals surface area contributed by atoms with Crippen molar-refractivity contribution in [3.63, 3.8) is 0 Å². The second-order valence-electron chi connectivity index (χ2n) is 6.52. The van der Waals surface area contributed by atoms with Crippen molar-refractivity contribution in [1.82, 2.24) is 15.1 Å². The van der Waals surface area contributed by atoms with Gasteiger partial charge in [-0.15, -0.1) is 14.6 Å². The molecule has 0 spiro atoms. The highest BCUT2D eigenvalue weighted by atomic mass is 32.2. The number of benzene rings is 1. The van der Waals surface area contributed by atoms with Crippen LogP contribution >= 0.6 is 11.3 Å². The third-order valence-electron chi connectivity index (χ3n) is 4.70. The summed E-state index contributed by atoms with van der Waals surface area (Å²) in [4.78, 5) is 14.8. The first-order chi connectivity index (χ1) is 13.0. The van der Waals surface area contributed by atoms with Crippen LogP contribution in [0.1, 0.15) is 30.3 Å². The van der Waals surface area contributed by atoms with Gasteiger partial charge in [0, 0.05) is 18.7 Å². The fourth-order valence-corrected chi connectivity index (χ4v) is 5.26. The highest BCUT2D eigenvalue weighted by molar-refractivity contribution is 7.90. The summed E-state index contributed by atoms with van der Waals surface area (Å²) in [6, 6.07) is 6.81. The Labute approximate surface area is 161 Å². The largest absolute Gasteiger partial charge is 0.355 e. The smallest absolute Gasteiger partial charge is 0.285 e. The molecule has 3 heterocycles. The fraction of sp³-hybridized carbons (Fsp3) is 0.412. The molecule has 4 rings (SSSR count). The summed E-state index contributed by atoms with van der Waals surface area (Å²) in [5.74, 6) is 0.0615. The summed E-state index contributed by atoms with van der Waals surface area (Å²) in [6.45, 7) is 3.08. The SMILES string of the molecule is CCc1nnc(NC(=O)[C@@H]2CCCN(C3=NS(=O)(=O)c4ccccc43)C2)s1. The van der Waals surface area contributed by atoms with Gasteiger partial charge in [-0.3, -0.25) is 4.79 Å². The minimum atomic E-state index is -3.66. The molecule has 0 saturated carbocycles. The normalized spacial score (nSPS) is 20.9. The van der Waals surface area contributed by atoms with Crippen molar-refractivity contribution in [3.05, 3.63) is 34.8 Å². The first kappa shape index (κ1) is 18.1. The van der Waals surface area contributed by atoms with Crippen LogP contribution in [-0.2, 0) is 21.2 Å². The summed E-state index contributed by atoms with van der Waals surface area (Å²) < 4.78 is 28.5. The Morgan fingerprint density at radius 2 is 2.15 bits per heavy atom. The Morgan fingerprint density at radius 1 is 1.33 bits per heavy atom. The van der Waals surface area contributed by atoms with Gasteiger partial charge in [-0.2, -0.15) is 8.42 Å². The lowest BCUT2D eigenvalue weighted by atomic mass is 9.96. The predicted molar refractivity (Wildman–Crippen MR) is 102 cm³/mol. The Morgan fingerprint density at radius 3 is 2.93 bits per heavy atom. The summed E-state index contributed by atoms with van der Waals surface area (Å²) in [5, 5.41) is 12.2. The zero-order valence-electron chi connectivity index (χ0n) is 14.8. The number of hydrogen-bond acceptors (Lipinski definition) is 7. The van der Waals surface area contributed by atoms with Crippen LogP contribution in [0.5, 0.6) is 0 Å².